The highest BCUT2D eigenvalue weighted by atomic mass is 16.7. The quantitative estimate of drug-likeness (QED) is 0.524. The molecule has 1 spiro atoms. The summed E-state index contributed by atoms with van der Waals surface area (Å²) in [6.07, 6.45) is 2.52. The van der Waals surface area contributed by atoms with Crippen molar-refractivity contribution in [3.05, 3.63) is 0 Å². The van der Waals surface area contributed by atoms with E-state index in [1.807, 2.05) is 13.8 Å². The first kappa shape index (κ1) is 10.9. The summed E-state index contributed by atoms with van der Waals surface area (Å²) in [5.41, 5.74) is -1.10. The average Bonchev–Trinajstić information content (AvgIpc) is 2.88. The summed E-state index contributed by atoms with van der Waals surface area (Å²) in [7, 11) is 0. The van der Waals surface area contributed by atoms with E-state index in [-0.39, 0.29) is 11.6 Å². The minimum Gasteiger partial charge on any atom is -0.464 e. The Morgan fingerprint density at radius 1 is 1.47 bits per heavy atom. The molecule has 0 aromatic carbocycles. The Hall–Kier alpha value is -0.610. The molecule has 2 atom stereocenters. The maximum Gasteiger partial charge on any atom is 0.341 e. The van der Waals surface area contributed by atoms with Crippen molar-refractivity contribution in [1.29, 1.82) is 0 Å². The SMILES string of the molecule is CCOC(=O)C1(CC)OC12CCCOC2. The topological polar surface area (TPSA) is 48.1 Å². The average molecular weight is 214 g/mol. The van der Waals surface area contributed by atoms with Crippen molar-refractivity contribution in [1.82, 2.24) is 0 Å². The van der Waals surface area contributed by atoms with E-state index < -0.39 is 5.60 Å². The number of epoxide rings is 1. The van der Waals surface area contributed by atoms with Crippen molar-refractivity contribution in [3.8, 4) is 0 Å². The second-order valence-corrected chi connectivity index (χ2v) is 4.15. The van der Waals surface area contributed by atoms with Crippen molar-refractivity contribution in [2.24, 2.45) is 0 Å². The maximum absolute atomic E-state index is 11.8. The number of carbonyl (C=O) groups is 1. The summed E-state index contributed by atoms with van der Waals surface area (Å²) in [5.74, 6) is -0.224. The first-order valence-corrected chi connectivity index (χ1v) is 5.66. The molecule has 0 bridgehead atoms. The molecule has 2 heterocycles. The number of ether oxygens (including phenoxy) is 3. The summed E-state index contributed by atoms with van der Waals surface area (Å²) >= 11 is 0. The van der Waals surface area contributed by atoms with Crippen molar-refractivity contribution in [3.63, 3.8) is 0 Å². The molecule has 2 rings (SSSR count). The molecule has 0 aliphatic carbocycles. The van der Waals surface area contributed by atoms with E-state index in [1.54, 1.807) is 0 Å². The van der Waals surface area contributed by atoms with Gasteiger partial charge in [-0.1, -0.05) is 6.92 Å². The molecule has 0 aromatic heterocycles. The molecule has 0 amide bonds. The molecule has 0 radical (unpaired) electrons. The van der Waals surface area contributed by atoms with Crippen LogP contribution in [0.5, 0.6) is 0 Å². The van der Waals surface area contributed by atoms with Gasteiger partial charge >= 0.3 is 5.97 Å². The van der Waals surface area contributed by atoms with Gasteiger partial charge in [0.15, 0.2) is 5.60 Å². The van der Waals surface area contributed by atoms with E-state index >= 15 is 0 Å². The minimum atomic E-state index is -0.719. The summed E-state index contributed by atoms with van der Waals surface area (Å²) in [5, 5.41) is 0. The fourth-order valence-electron chi connectivity index (χ4n) is 2.49. The van der Waals surface area contributed by atoms with Gasteiger partial charge in [0.05, 0.1) is 13.2 Å². The van der Waals surface area contributed by atoms with Crippen LogP contribution in [0.25, 0.3) is 0 Å². The lowest BCUT2D eigenvalue weighted by Gasteiger charge is -2.22. The minimum absolute atomic E-state index is 0.224. The van der Waals surface area contributed by atoms with Gasteiger partial charge in [-0.3, -0.25) is 0 Å². The molecule has 2 aliphatic rings. The Labute approximate surface area is 89.9 Å². The lowest BCUT2D eigenvalue weighted by molar-refractivity contribution is -0.149. The van der Waals surface area contributed by atoms with Crippen LogP contribution in [0.4, 0.5) is 0 Å². The Bertz CT molecular complexity index is 257. The molecular formula is C11H18O4. The van der Waals surface area contributed by atoms with Crippen LogP contribution < -0.4 is 0 Å². The summed E-state index contributed by atoms with van der Waals surface area (Å²) < 4.78 is 16.2. The van der Waals surface area contributed by atoms with Gasteiger partial charge in [0.1, 0.15) is 5.60 Å². The normalized spacial score (nSPS) is 39.1. The van der Waals surface area contributed by atoms with Crippen molar-refractivity contribution >= 4 is 5.97 Å². The van der Waals surface area contributed by atoms with Gasteiger partial charge in [-0.25, -0.2) is 4.79 Å². The Morgan fingerprint density at radius 2 is 2.27 bits per heavy atom. The number of rotatable bonds is 3. The monoisotopic (exact) mass is 214 g/mol. The summed E-state index contributed by atoms with van der Waals surface area (Å²) in [6, 6.07) is 0. The molecule has 2 unspecified atom stereocenters. The van der Waals surface area contributed by atoms with Crippen LogP contribution in [-0.2, 0) is 19.0 Å². The fourth-order valence-corrected chi connectivity index (χ4v) is 2.49. The Morgan fingerprint density at radius 3 is 2.80 bits per heavy atom. The molecule has 4 heteroatoms. The van der Waals surface area contributed by atoms with Gasteiger partial charge in [-0.2, -0.15) is 0 Å². The van der Waals surface area contributed by atoms with Crippen LogP contribution in [0.3, 0.4) is 0 Å². The molecule has 15 heavy (non-hydrogen) atoms. The van der Waals surface area contributed by atoms with E-state index in [0.29, 0.717) is 19.6 Å². The Balaban J connectivity index is 2.09. The Kier molecular flexibility index (Phi) is 2.73. The highest BCUT2D eigenvalue weighted by molar-refractivity contribution is 5.85. The highest BCUT2D eigenvalue weighted by Gasteiger charge is 2.74. The zero-order chi connectivity index (χ0) is 10.9. The predicted octanol–water partition coefficient (Wildman–Crippen LogP) is 1.28. The molecule has 0 aromatic rings. The lowest BCUT2D eigenvalue weighted by atomic mass is 9.86. The first-order chi connectivity index (χ1) is 7.21. The third-order valence-corrected chi connectivity index (χ3v) is 3.37. The molecule has 2 fully saturated rings. The van der Waals surface area contributed by atoms with E-state index in [0.717, 1.165) is 19.4 Å². The predicted molar refractivity (Wildman–Crippen MR) is 53.5 cm³/mol. The van der Waals surface area contributed by atoms with Crippen molar-refractivity contribution < 1.29 is 19.0 Å². The second kappa shape index (κ2) is 3.76. The van der Waals surface area contributed by atoms with Crippen LogP contribution in [-0.4, -0.2) is 37.0 Å². The van der Waals surface area contributed by atoms with Gasteiger partial charge in [0, 0.05) is 6.61 Å². The number of hydrogen-bond acceptors (Lipinski definition) is 4. The molecule has 4 nitrogen and oxygen atoms in total. The van der Waals surface area contributed by atoms with Gasteiger partial charge in [-0.15, -0.1) is 0 Å². The number of carbonyl (C=O) groups excluding carboxylic acids is 1. The summed E-state index contributed by atoms with van der Waals surface area (Å²) in [4.78, 5) is 11.8. The molecule has 0 N–H and O–H groups in total. The zero-order valence-electron chi connectivity index (χ0n) is 9.38. The van der Waals surface area contributed by atoms with Crippen LogP contribution in [0.1, 0.15) is 33.1 Å². The molecule has 2 aliphatic heterocycles. The number of esters is 1. The third-order valence-electron chi connectivity index (χ3n) is 3.37. The molecular weight excluding hydrogens is 196 g/mol. The lowest BCUT2D eigenvalue weighted by Crippen LogP contribution is -2.40. The second-order valence-electron chi connectivity index (χ2n) is 4.15. The molecule has 0 saturated carbocycles. The van der Waals surface area contributed by atoms with E-state index in [2.05, 4.69) is 0 Å². The fraction of sp³-hybridized carbons (Fsp3) is 0.909. The standard InChI is InChI=1S/C11H18O4/c1-3-11(9(12)14-4-2)10(15-11)6-5-7-13-8-10/h3-8H2,1-2H3. The van der Waals surface area contributed by atoms with Crippen molar-refractivity contribution in [2.75, 3.05) is 19.8 Å². The van der Waals surface area contributed by atoms with Crippen LogP contribution in [0, 0.1) is 0 Å². The molecule has 2 saturated heterocycles. The van der Waals surface area contributed by atoms with Gasteiger partial charge in [0.25, 0.3) is 0 Å². The van der Waals surface area contributed by atoms with Gasteiger partial charge < -0.3 is 14.2 Å². The molecule has 86 valence electrons. The van der Waals surface area contributed by atoms with Crippen LogP contribution >= 0.6 is 0 Å². The summed E-state index contributed by atoms with van der Waals surface area (Å²) in [6.45, 7) is 5.47. The van der Waals surface area contributed by atoms with Crippen LogP contribution in [0.15, 0.2) is 0 Å². The third kappa shape index (κ3) is 1.47. The van der Waals surface area contributed by atoms with Crippen molar-refractivity contribution in [2.45, 2.75) is 44.3 Å². The van der Waals surface area contributed by atoms with E-state index in [4.69, 9.17) is 14.2 Å². The van der Waals surface area contributed by atoms with Crippen LogP contribution in [0.2, 0.25) is 0 Å². The largest absolute Gasteiger partial charge is 0.464 e. The smallest absolute Gasteiger partial charge is 0.341 e. The first-order valence-electron chi connectivity index (χ1n) is 5.66. The van der Waals surface area contributed by atoms with E-state index in [1.165, 1.54) is 0 Å². The van der Waals surface area contributed by atoms with E-state index in [9.17, 15) is 4.79 Å². The zero-order valence-corrected chi connectivity index (χ0v) is 9.38. The van der Waals surface area contributed by atoms with Gasteiger partial charge in [0.2, 0.25) is 0 Å². The highest BCUT2D eigenvalue weighted by Crippen LogP contribution is 2.55. The number of hydrogen-bond donors (Lipinski definition) is 0. The van der Waals surface area contributed by atoms with Gasteiger partial charge in [-0.05, 0) is 26.2 Å². The maximum atomic E-state index is 11.8.